The number of nitro benzene ring substituents is 1. The number of non-ortho nitro benzene ring substituents is 1. The second-order valence-corrected chi connectivity index (χ2v) is 6.83. The van der Waals surface area contributed by atoms with Crippen molar-refractivity contribution in [2.45, 2.75) is 6.92 Å². The van der Waals surface area contributed by atoms with Crippen LogP contribution in [0.2, 0.25) is 0 Å². The summed E-state index contributed by atoms with van der Waals surface area (Å²) in [7, 11) is 0. The molecule has 5 rings (SSSR count). The number of para-hydroxylation sites is 1. The molecule has 0 aliphatic heterocycles. The van der Waals surface area contributed by atoms with Crippen LogP contribution in [0, 0.1) is 17.0 Å². The van der Waals surface area contributed by atoms with Gasteiger partial charge in [0, 0.05) is 23.1 Å². The second-order valence-electron chi connectivity index (χ2n) is 6.83. The van der Waals surface area contributed by atoms with Crippen LogP contribution in [-0.4, -0.2) is 31.3 Å². The predicted molar refractivity (Wildman–Crippen MR) is 116 cm³/mol. The van der Waals surface area contributed by atoms with Crippen molar-refractivity contribution >= 4 is 39.9 Å². The van der Waals surface area contributed by atoms with Crippen LogP contribution in [0.5, 0.6) is 0 Å². The molecule has 0 fully saturated rings. The standard InChI is InChI=1S/C21H15N7O3/c1-12-3-2-4-16-18(12)23-20-19(16)25-27-21(24-20)26-22-11-15-9-10-17(31-15)13-5-7-14(8-6-13)28(29)30/h2-11H,1H3,(H2,23,24,26,27). The lowest BCUT2D eigenvalue weighted by atomic mass is 10.1. The molecule has 3 heterocycles. The number of benzene rings is 2. The molecule has 0 saturated carbocycles. The van der Waals surface area contributed by atoms with E-state index in [1.807, 2.05) is 25.1 Å². The molecule has 5 aromatic rings. The Labute approximate surface area is 174 Å². The van der Waals surface area contributed by atoms with Gasteiger partial charge in [0.2, 0.25) is 0 Å². The van der Waals surface area contributed by atoms with Crippen LogP contribution in [0.15, 0.2) is 64.1 Å². The molecule has 0 spiro atoms. The molecule has 0 saturated heterocycles. The molecule has 0 atom stereocenters. The lowest BCUT2D eigenvalue weighted by molar-refractivity contribution is -0.384. The van der Waals surface area contributed by atoms with E-state index in [0.29, 0.717) is 22.7 Å². The fourth-order valence-corrected chi connectivity index (χ4v) is 3.27. The first-order valence-electron chi connectivity index (χ1n) is 9.34. The molecule has 3 aromatic heterocycles. The third-order valence-electron chi connectivity index (χ3n) is 4.80. The molecular formula is C21H15N7O3. The highest BCUT2D eigenvalue weighted by Gasteiger charge is 2.10. The number of aromatic amines is 1. The number of hydrazone groups is 1. The van der Waals surface area contributed by atoms with E-state index in [1.165, 1.54) is 18.3 Å². The van der Waals surface area contributed by atoms with Gasteiger partial charge in [-0.25, -0.2) is 5.43 Å². The first-order chi connectivity index (χ1) is 15.1. The van der Waals surface area contributed by atoms with Crippen LogP contribution < -0.4 is 5.43 Å². The van der Waals surface area contributed by atoms with E-state index >= 15 is 0 Å². The average Bonchev–Trinajstić information content (AvgIpc) is 3.39. The number of H-pyrrole nitrogens is 1. The predicted octanol–water partition coefficient (Wildman–Crippen LogP) is 4.43. The van der Waals surface area contributed by atoms with E-state index in [-0.39, 0.29) is 11.6 Å². The first-order valence-corrected chi connectivity index (χ1v) is 9.34. The Kier molecular flexibility index (Phi) is 4.36. The number of anilines is 1. The Hall–Kier alpha value is -4.60. The van der Waals surface area contributed by atoms with E-state index in [9.17, 15) is 10.1 Å². The van der Waals surface area contributed by atoms with Gasteiger partial charge in [0.1, 0.15) is 17.0 Å². The van der Waals surface area contributed by atoms with Crippen molar-refractivity contribution in [1.29, 1.82) is 0 Å². The third-order valence-corrected chi connectivity index (χ3v) is 4.80. The van der Waals surface area contributed by atoms with Crippen LogP contribution in [0.3, 0.4) is 0 Å². The van der Waals surface area contributed by atoms with Gasteiger partial charge < -0.3 is 9.40 Å². The van der Waals surface area contributed by atoms with Gasteiger partial charge >= 0.3 is 0 Å². The normalized spacial score (nSPS) is 11.5. The maximum Gasteiger partial charge on any atom is 0.269 e. The summed E-state index contributed by atoms with van der Waals surface area (Å²) in [5, 5.41) is 24.2. The highest BCUT2D eigenvalue weighted by Crippen LogP contribution is 2.25. The molecular weight excluding hydrogens is 398 g/mol. The van der Waals surface area contributed by atoms with Gasteiger partial charge in [0.25, 0.3) is 11.6 Å². The van der Waals surface area contributed by atoms with Crippen molar-refractivity contribution in [3.05, 3.63) is 76.0 Å². The molecule has 0 aliphatic carbocycles. The van der Waals surface area contributed by atoms with Gasteiger partial charge in [0.15, 0.2) is 5.65 Å². The Morgan fingerprint density at radius 2 is 1.97 bits per heavy atom. The summed E-state index contributed by atoms with van der Waals surface area (Å²) in [6.45, 7) is 2.02. The highest BCUT2D eigenvalue weighted by molar-refractivity contribution is 6.04. The van der Waals surface area contributed by atoms with Gasteiger partial charge in [-0.15, -0.1) is 10.2 Å². The van der Waals surface area contributed by atoms with Crippen LogP contribution >= 0.6 is 0 Å². The first kappa shape index (κ1) is 18.4. The summed E-state index contributed by atoms with van der Waals surface area (Å²) in [5.74, 6) is 1.32. The zero-order valence-corrected chi connectivity index (χ0v) is 16.2. The third kappa shape index (κ3) is 3.46. The van der Waals surface area contributed by atoms with Crippen molar-refractivity contribution < 1.29 is 9.34 Å². The summed E-state index contributed by atoms with van der Waals surface area (Å²) in [6, 6.07) is 15.6. The smallest absolute Gasteiger partial charge is 0.269 e. The van der Waals surface area contributed by atoms with E-state index in [1.54, 1.807) is 24.3 Å². The highest BCUT2D eigenvalue weighted by atomic mass is 16.6. The number of hydrogen-bond donors (Lipinski definition) is 2. The number of rotatable bonds is 5. The van der Waals surface area contributed by atoms with Crippen LogP contribution in [0.1, 0.15) is 11.3 Å². The number of aromatic nitrogens is 4. The van der Waals surface area contributed by atoms with Crippen LogP contribution in [-0.2, 0) is 0 Å². The van der Waals surface area contributed by atoms with Gasteiger partial charge in [0.05, 0.1) is 16.7 Å². The summed E-state index contributed by atoms with van der Waals surface area (Å²) >= 11 is 0. The summed E-state index contributed by atoms with van der Waals surface area (Å²) in [5.41, 5.74) is 6.90. The fourth-order valence-electron chi connectivity index (χ4n) is 3.27. The second kappa shape index (κ2) is 7.34. The Balaban J connectivity index is 1.32. The monoisotopic (exact) mass is 413 g/mol. The molecule has 10 nitrogen and oxygen atoms in total. The van der Waals surface area contributed by atoms with Crippen molar-refractivity contribution in [1.82, 2.24) is 20.2 Å². The Morgan fingerprint density at radius 3 is 2.77 bits per heavy atom. The van der Waals surface area contributed by atoms with Crippen molar-refractivity contribution in [3.8, 4) is 11.3 Å². The van der Waals surface area contributed by atoms with Crippen LogP contribution in [0.25, 0.3) is 33.4 Å². The van der Waals surface area contributed by atoms with Gasteiger partial charge in [-0.2, -0.15) is 10.1 Å². The largest absolute Gasteiger partial charge is 0.455 e. The number of furan rings is 1. The number of aryl methyl sites for hydroxylation is 1. The minimum absolute atomic E-state index is 0.0250. The molecule has 0 unspecified atom stereocenters. The lowest BCUT2D eigenvalue weighted by Gasteiger charge is -1.97. The molecule has 2 N–H and O–H groups in total. The van der Waals surface area contributed by atoms with E-state index in [4.69, 9.17) is 4.42 Å². The Morgan fingerprint density at radius 1 is 1.13 bits per heavy atom. The molecule has 0 amide bonds. The Bertz CT molecular complexity index is 1450. The van der Waals surface area contributed by atoms with Crippen molar-refractivity contribution in [3.63, 3.8) is 0 Å². The maximum atomic E-state index is 10.8. The van der Waals surface area contributed by atoms with E-state index in [0.717, 1.165) is 22.0 Å². The molecule has 0 aliphatic rings. The fraction of sp³-hybridized carbons (Fsp3) is 0.0476. The van der Waals surface area contributed by atoms with Crippen molar-refractivity contribution in [2.24, 2.45) is 5.10 Å². The maximum absolute atomic E-state index is 10.8. The topological polar surface area (TPSA) is 135 Å². The minimum Gasteiger partial charge on any atom is -0.455 e. The number of nitrogens with zero attached hydrogens (tertiary/aromatic N) is 5. The molecule has 0 bridgehead atoms. The lowest BCUT2D eigenvalue weighted by Crippen LogP contribution is -1.98. The SMILES string of the molecule is Cc1cccc2c1[nH]c1nc(NN=Cc3ccc(-c4ccc([N+](=O)[O-])cc4)o3)nnc12. The average molecular weight is 413 g/mol. The van der Waals surface area contributed by atoms with Gasteiger partial charge in [-0.05, 0) is 36.8 Å². The zero-order chi connectivity index (χ0) is 21.4. The summed E-state index contributed by atoms with van der Waals surface area (Å²) < 4.78 is 5.71. The number of fused-ring (bicyclic) bond motifs is 3. The van der Waals surface area contributed by atoms with E-state index in [2.05, 4.69) is 30.7 Å². The minimum atomic E-state index is -0.444. The summed E-state index contributed by atoms with van der Waals surface area (Å²) in [4.78, 5) is 18.0. The van der Waals surface area contributed by atoms with Gasteiger partial charge in [-0.1, -0.05) is 18.2 Å². The molecule has 10 heteroatoms. The number of hydrogen-bond acceptors (Lipinski definition) is 8. The zero-order valence-electron chi connectivity index (χ0n) is 16.2. The summed E-state index contributed by atoms with van der Waals surface area (Å²) in [6.07, 6.45) is 1.48. The number of nitro groups is 1. The molecule has 2 aromatic carbocycles. The van der Waals surface area contributed by atoms with Crippen molar-refractivity contribution in [2.75, 3.05) is 5.43 Å². The van der Waals surface area contributed by atoms with E-state index < -0.39 is 4.92 Å². The van der Waals surface area contributed by atoms with Crippen LogP contribution in [0.4, 0.5) is 11.6 Å². The van der Waals surface area contributed by atoms with Gasteiger partial charge in [-0.3, -0.25) is 10.1 Å². The molecule has 0 radical (unpaired) electrons. The molecule has 152 valence electrons. The quantitative estimate of drug-likeness (QED) is 0.247. The number of nitrogens with one attached hydrogen (secondary N) is 2. The molecule has 31 heavy (non-hydrogen) atoms.